The van der Waals surface area contributed by atoms with E-state index in [1.165, 1.54) is 0 Å². The van der Waals surface area contributed by atoms with E-state index in [-0.39, 0.29) is 17.6 Å². The third-order valence-electron chi connectivity index (χ3n) is 5.13. The van der Waals surface area contributed by atoms with Crippen molar-refractivity contribution in [3.05, 3.63) is 89.0 Å². The molecule has 3 aromatic carbocycles. The quantitative estimate of drug-likeness (QED) is 0.500. The zero-order chi connectivity index (χ0) is 21.1. The van der Waals surface area contributed by atoms with Gasteiger partial charge in [-0.1, -0.05) is 49.4 Å². The van der Waals surface area contributed by atoms with Crippen molar-refractivity contribution in [2.45, 2.75) is 26.3 Å². The minimum absolute atomic E-state index is 0.0255. The van der Waals surface area contributed by atoms with E-state index >= 15 is 0 Å². The van der Waals surface area contributed by atoms with Gasteiger partial charge >= 0.3 is 0 Å². The van der Waals surface area contributed by atoms with Crippen LogP contribution in [0, 0.1) is 0 Å². The zero-order valence-corrected chi connectivity index (χ0v) is 16.7. The lowest BCUT2D eigenvalue weighted by atomic mass is 10.0. The Hall–Kier alpha value is -3.73. The molecule has 2 amide bonds. The molecule has 5 nitrogen and oxygen atoms in total. The largest absolute Gasteiger partial charge is 0.348 e. The molecule has 0 aliphatic heterocycles. The van der Waals surface area contributed by atoms with Gasteiger partial charge in [0.2, 0.25) is 5.91 Å². The molecular formula is C25H22N2O3. The summed E-state index contributed by atoms with van der Waals surface area (Å²) in [6.45, 7) is 2.28. The second kappa shape index (κ2) is 8.33. The van der Waals surface area contributed by atoms with Gasteiger partial charge in [-0.25, -0.2) is 0 Å². The molecular weight excluding hydrogens is 376 g/mol. The molecule has 3 aromatic rings. The Kier molecular flexibility index (Phi) is 5.44. The van der Waals surface area contributed by atoms with Gasteiger partial charge in [0.15, 0.2) is 5.78 Å². The van der Waals surface area contributed by atoms with E-state index in [0.717, 1.165) is 23.1 Å². The number of hydrogen-bond acceptors (Lipinski definition) is 3. The lowest BCUT2D eigenvalue weighted by Gasteiger charge is -2.09. The third kappa shape index (κ3) is 3.87. The number of fused-ring (bicyclic) bond motifs is 3. The van der Waals surface area contributed by atoms with E-state index in [4.69, 9.17) is 0 Å². The van der Waals surface area contributed by atoms with Gasteiger partial charge in [-0.05, 0) is 47.4 Å². The van der Waals surface area contributed by atoms with Gasteiger partial charge in [0.1, 0.15) is 0 Å². The summed E-state index contributed by atoms with van der Waals surface area (Å²) in [5, 5.41) is 5.74. The summed E-state index contributed by atoms with van der Waals surface area (Å²) in [4.78, 5) is 37.1. The molecule has 0 radical (unpaired) electrons. The summed E-state index contributed by atoms with van der Waals surface area (Å²) in [5.41, 5.74) is 5.04. The SMILES string of the molecule is CCCC(=O)Nc1cccc(CNC(=O)c2ccc3c(c2)C(=O)c2ccccc2-3)c1. The van der Waals surface area contributed by atoms with Crippen molar-refractivity contribution < 1.29 is 14.4 Å². The number of nitrogens with one attached hydrogen (secondary N) is 2. The molecule has 1 aliphatic rings. The first-order valence-corrected chi connectivity index (χ1v) is 10.0. The molecule has 0 bridgehead atoms. The van der Waals surface area contributed by atoms with E-state index in [9.17, 15) is 14.4 Å². The minimum Gasteiger partial charge on any atom is -0.348 e. The monoisotopic (exact) mass is 398 g/mol. The Bertz CT molecular complexity index is 1150. The van der Waals surface area contributed by atoms with E-state index in [0.29, 0.717) is 35.3 Å². The van der Waals surface area contributed by atoms with Gasteiger partial charge in [-0.15, -0.1) is 0 Å². The summed E-state index contributed by atoms with van der Waals surface area (Å²) in [5.74, 6) is -0.324. The maximum Gasteiger partial charge on any atom is 0.251 e. The summed E-state index contributed by atoms with van der Waals surface area (Å²) >= 11 is 0. The number of hydrogen-bond donors (Lipinski definition) is 2. The van der Waals surface area contributed by atoms with Crippen LogP contribution in [-0.4, -0.2) is 17.6 Å². The summed E-state index contributed by atoms with van der Waals surface area (Å²) in [6.07, 6.45) is 1.26. The molecule has 0 saturated heterocycles. The summed E-state index contributed by atoms with van der Waals surface area (Å²) < 4.78 is 0. The van der Waals surface area contributed by atoms with Crippen molar-refractivity contribution in [1.29, 1.82) is 0 Å². The first-order valence-electron chi connectivity index (χ1n) is 10.0. The third-order valence-corrected chi connectivity index (χ3v) is 5.13. The maximum atomic E-state index is 12.7. The number of anilines is 1. The molecule has 0 heterocycles. The number of rotatable bonds is 6. The van der Waals surface area contributed by atoms with E-state index in [1.807, 2.05) is 61.5 Å². The van der Waals surface area contributed by atoms with Crippen molar-refractivity contribution in [3.63, 3.8) is 0 Å². The topological polar surface area (TPSA) is 75.3 Å². The number of ketones is 1. The fourth-order valence-electron chi connectivity index (χ4n) is 3.66. The molecule has 0 aromatic heterocycles. The first-order chi connectivity index (χ1) is 14.6. The summed E-state index contributed by atoms with van der Waals surface area (Å²) in [7, 11) is 0. The standard InChI is InChI=1S/C25H22N2O3/c1-2-6-23(28)27-18-8-5-7-16(13-18)15-26-25(30)17-11-12-20-19-9-3-4-10-21(19)24(29)22(20)14-17/h3-5,7-14H,2,6,15H2,1H3,(H,26,30)(H,27,28). The average molecular weight is 398 g/mol. The number of carbonyl (C=O) groups is 3. The van der Waals surface area contributed by atoms with Gasteiger partial charge in [-0.3, -0.25) is 14.4 Å². The Morgan fingerprint density at radius 1 is 0.833 bits per heavy atom. The molecule has 1 aliphatic carbocycles. The molecule has 0 fully saturated rings. The Labute approximate surface area is 175 Å². The van der Waals surface area contributed by atoms with Crippen LogP contribution in [0.15, 0.2) is 66.7 Å². The highest BCUT2D eigenvalue weighted by Gasteiger charge is 2.26. The predicted molar refractivity (Wildman–Crippen MR) is 116 cm³/mol. The lowest BCUT2D eigenvalue weighted by molar-refractivity contribution is -0.116. The highest BCUT2D eigenvalue weighted by molar-refractivity contribution is 6.22. The lowest BCUT2D eigenvalue weighted by Crippen LogP contribution is -2.23. The smallest absolute Gasteiger partial charge is 0.251 e. The first kappa shape index (κ1) is 19.6. The van der Waals surface area contributed by atoms with Crippen LogP contribution in [0.4, 0.5) is 5.69 Å². The van der Waals surface area contributed by atoms with Crippen LogP contribution < -0.4 is 10.6 Å². The van der Waals surface area contributed by atoms with Crippen molar-refractivity contribution >= 4 is 23.3 Å². The van der Waals surface area contributed by atoms with E-state index in [2.05, 4.69) is 10.6 Å². The minimum atomic E-state index is -0.248. The van der Waals surface area contributed by atoms with Crippen LogP contribution in [0.5, 0.6) is 0 Å². The van der Waals surface area contributed by atoms with Crippen molar-refractivity contribution in [2.24, 2.45) is 0 Å². The van der Waals surface area contributed by atoms with Crippen LogP contribution in [0.25, 0.3) is 11.1 Å². The molecule has 30 heavy (non-hydrogen) atoms. The van der Waals surface area contributed by atoms with Crippen molar-refractivity contribution in [2.75, 3.05) is 5.32 Å². The van der Waals surface area contributed by atoms with E-state index in [1.54, 1.807) is 12.1 Å². The average Bonchev–Trinajstić information content (AvgIpc) is 3.04. The highest BCUT2D eigenvalue weighted by Crippen LogP contribution is 2.36. The number of carbonyl (C=O) groups excluding carboxylic acids is 3. The second-order valence-corrected chi connectivity index (χ2v) is 7.32. The maximum absolute atomic E-state index is 12.7. The van der Waals surface area contributed by atoms with Crippen molar-refractivity contribution in [3.8, 4) is 11.1 Å². The van der Waals surface area contributed by atoms with Gasteiger partial charge in [0.05, 0.1) is 0 Å². The Morgan fingerprint density at radius 2 is 1.60 bits per heavy atom. The van der Waals surface area contributed by atoms with Crippen LogP contribution in [-0.2, 0) is 11.3 Å². The fraction of sp³-hybridized carbons (Fsp3) is 0.160. The highest BCUT2D eigenvalue weighted by atomic mass is 16.2. The van der Waals surface area contributed by atoms with Crippen molar-refractivity contribution in [1.82, 2.24) is 5.32 Å². The summed E-state index contributed by atoms with van der Waals surface area (Å²) in [6, 6.07) is 20.1. The molecule has 0 spiro atoms. The zero-order valence-electron chi connectivity index (χ0n) is 16.7. The van der Waals surface area contributed by atoms with Crippen LogP contribution in [0.2, 0.25) is 0 Å². The van der Waals surface area contributed by atoms with Gasteiger partial charge in [0.25, 0.3) is 5.91 Å². The number of amides is 2. The number of benzene rings is 3. The van der Waals surface area contributed by atoms with Gasteiger partial charge in [0, 0.05) is 35.3 Å². The second-order valence-electron chi connectivity index (χ2n) is 7.32. The Balaban J connectivity index is 1.45. The van der Waals surface area contributed by atoms with Crippen LogP contribution in [0.3, 0.4) is 0 Å². The molecule has 0 saturated carbocycles. The molecule has 2 N–H and O–H groups in total. The normalized spacial score (nSPS) is 11.6. The van der Waals surface area contributed by atoms with Crippen LogP contribution in [0.1, 0.15) is 51.6 Å². The van der Waals surface area contributed by atoms with Gasteiger partial charge < -0.3 is 10.6 Å². The molecule has 5 heteroatoms. The molecule has 0 unspecified atom stereocenters. The predicted octanol–water partition coefficient (Wildman–Crippen LogP) is 4.57. The van der Waals surface area contributed by atoms with Crippen LogP contribution >= 0.6 is 0 Å². The molecule has 0 atom stereocenters. The fourth-order valence-corrected chi connectivity index (χ4v) is 3.66. The molecule has 4 rings (SSSR count). The van der Waals surface area contributed by atoms with Gasteiger partial charge in [-0.2, -0.15) is 0 Å². The Morgan fingerprint density at radius 3 is 2.40 bits per heavy atom. The molecule has 150 valence electrons. The van der Waals surface area contributed by atoms with E-state index < -0.39 is 0 Å².